The normalized spacial score (nSPS) is 13.3. The van der Waals surface area contributed by atoms with E-state index < -0.39 is 29.2 Å². The van der Waals surface area contributed by atoms with Gasteiger partial charge in [-0.15, -0.1) is 3.97 Å². The van der Waals surface area contributed by atoms with Crippen LogP contribution in [0.5, 0.6) is 0 Å². The van der Waals surface area contributed by atoms with Crippen molar-refractivity contribution in [1.29, 1.82) is 0 Å². The van der Waals surface area contributed by atoms with Crippen LogP contribution in [0.15, 0.2) is 81.1 Å². The topological polar surface area (TPSA) is 111 Å². The number of carbonyl (C=O) groups excluding carboxylic acids is 1. The van der Waals surface area contributed by atoms with Gasteiger partial charge in [0.05, 0.1) is 6.20 Å². The summed E-state index contributed by atoms with van der Waals surface area (Å²) in [7, 11) is -2.21. The molecule has 0 spiro atoms. The summed E-state index contributed by atoms with van der Waals surface area (Å²) in [6.07, 6.45) is 5.54. The maximum Gasteiger partial charge on any atom is 0.490 e. The lowest BCUT2D eigenvalue weighted by atomic mass is 9.81. The van der Waals surface area contributed by atoms with Gasteiger partial charge in [0.1, 0.15) is 11.4 Å². The highest BCUT2D eigenvalue weighted by Crippen LogP contribution is 2.32. The van der Waals surface area contributed by atoms with Gasteiger partial charge < -0.3 is 14.6 Å². The van der Waals surface area contributed by atoms with E-state index in [1.165, 1.54) is 6.20 Å². The van der Waals surface area contributed by atoms with Crippen molar-refractivity contribution in [2.75, 3.05) is 6.26 Å². The lowest BCUT2D eigenvalue weighted by Crippen LogP contribution is -2.30. The van der Waals surface area contributed by atoms with Gasteiger partial charge in [0.25, 0.3) is 0 Å². The quantitative estimate of drug-likeness (QED) is 0.258. The second-order valence-electron chi connectivity index (χ2n) is 7.16. The predicted molar refractivity (Wildman–Crippen MR) is 128 cm³/mol. The second kappa shape index (κ2) is 9.39. The summed E-state index contributed by atoms with van der Waals surface area (Å²) in [6.45, 7) is 1.96. The lowest BCUT2D eigenvalue weighted by Gasteiger charge is -2.11. The Hall–Kier alpha value is -2.76. The van der Waals surface area contributed by atoms with Crippen LogP contribution in [0.4, 0.5) is 0 Å². The average Bonchev–Trinajstić information content (AvgIpc) is 3.18. The van der Waals surface area contributed by atoms with Crippen LogP contribution in [-0.2, 0) is 26.8 Å². The Balaban J connectivity index is 1.86. The van der Waals surface area contributed by atoms with Gasteiger partial charge in [-0.3, -0.25) is 4.79 Å². The molecule has 0 aliphatic heterocycles. The zero-order chi connectivity index (χ0) is 22.8. The molecule has 4 rings (SSSR count). The van der Waals surface area contributed by atoms with E-state index in [4.69, 9.17) is 0 Å². The molecule has 2 unspecified atom stereocenters. The number of carbonyl (C=O) groups is 1. The number of amides is 1. The molecule has 0 saturated carbocycles. The Kier molecular flexibility index (Phi) is 6.59. The summed E-state index contributed by atoms with van der Waals surface area (Å²) in [5.41, 5.74) is 3.38. The van der Waals surface area contributed by atoms with E-state index >= 15 is 0 Å². The molecule has 32 heavy (non-hydrogen) atoms. The number of fused-ring (bicyclic) bond motifs is 1. The predicted octanol–water partition coefficient (Wildman–Crippen LogP) is 2.21. The van der Waals surface area contributed by atoms with E-state index in [9.17, 15) is 19.4 Å². The molecule has 7 nitrogen and oxygen atoms in total. The highest BCUT2D eigenvalue weighted by atomic mass is 32.2. The number of hydrogen-bond donors (Lipinski definition) is 2. The summed E-state index contributed by atoms with van der Waals surface area (Å²) in [5.74, 6) is 0. The Labute approximate surface area is 191 Å². The molecule has 162 valence electrons. The number of nitrogens with zero attached hydrogens (tertiary/aromatic N) is 3. The van der Waals surface area contributed by atoms with Crippen molar-refractivity contribution < 1.29 is 19.4 Å². The Morgan fingerprint density at radius 2 is 1.84 bits per heavy atom. The lowest BCUT2D eigenvalue weighted by molar-refractivity contribution is -0.106. The zero-order valence-corrected chi connectivity index (χ0v) is 19.0. The van der Waals surface area contributed by atoms with Crippen LogP contribution < -0.4 is 5.46 Å². The Bertz CT molecular complexity index is 1310. The molecule has 0 saturated heterocycles. The molecule has 4 aromatic rings. The van der Waals surface area contributed by atoms with Crippen molar-refractivity contribution in [2.45, 2.75) is 16.7 Å². The maximum absolute atomic E-state index is 13.3. The minimum Gasteiger partial charge on any atom is -0.587 e. The van der Waals surface area contributed by atoms with Crippen LogP contribution in [0.2, 0.25) is 0 Å². The van der Waals surface area contributed by atoms with E-state index in [-0.39, 0.29) is 5.46 Å². The average molecular weight is 465 g/mol. The molecule has 0 radical (unpaired) electrons. The molecule has 2 atom stereocenters. The second-order valence-corrected chi connectivity index (χ2v) is 10.2. The number of aromatic nitrogens is 2. The Morgan fingerprint density at radius 1 is 1.16 bits per heavy atom. The highest BCUT2D eigenvalue weighted by Gasteiger charge is 2.23. The van der Waals surface area contributed by atoms with Crippen molar-refractivity contribution in [1.82, 2.24) is 8.96 Å². The summed E-state index contributed by atoms with van der Waals surface area (Å²) in [4.78, 5) is 16.6. The van der Waals surface area contributed by atoms with Gasteiger partial charge >= 0.3 is 7.12 Å². The molecule has 2 aromatic heterocycles. The van der Waals surface area contributed by atoms with Gasteiger partial charge in [0, 0.05) is 27.5 Å². The van der Waals surface area contributed by atoms with Crippen molar-refractivity contribution >= 4 is 52.1 Å². The molecule has 1 amide bonds. The number of aryl methyl sites for hydroxylation is 1. The fourth-order valence-electron chi connectivity index (χ4n) is 3.32. The standard InChI is InChI=1S/C22H20BN3O4S2/c1-15-3-7-19(8-4-15)32(30)26-13-21(20-11-17(23(28)29)12-24-22(20)26)16-5-9-18(10-6-16)31(2)25-14-27/h3-14,28-29H,1-2H3. The summed E-state index contributed by atoms with van der Waals surface area (Å²) in [6, 6.07) is 16.7. The number of benzene rings is 2. The van der Waals surface area contributed by atoms with Gasteiger partial charge in [-0.05, 0) is 49.1 Å². The molecule has 0 fully saturated rings. The first-order valence-corrected chi connectivity index (χ1v) is 12.4. The number of pyridine rings is 1. The van der Waals surface area contributed by atoms with Gasteiger partial charge in [-0.25, -0.2) is 4.98 Å². The van der Waals surface area contributed by atoms with Crippen LogP contribution in [0, 0.1) is 6.92 Å². The third-order valence-corrected chi connectivity index (χ3v) is 7.71. The van der Waals surface area contributed by atoms with Crippen LogP contribution in [0.25, 0.3) is 22.2 Å². The van der Waals surface area contributed by atoms with Crippen molar-refractivity contribution in [3.8, 4) is 11.1 Å². The van der Waals surface area contributed by atoms with E-state index in [0.29, 0.717) is 22.3 Å². The van der Waals surface area contributed by atoms with E-state index in [2.05, 4.69) is 9.35 Å². The van der Waals surface area contributed by atoms with Gasteiger partial charge in [-0.1, -0.05) is 40.5 Å². The summed E-state index contributed by atoms with van der Waals surface area (Å²) in [5, 5.41) is 19.9. The smallest absolute Gasteiger partial charge is 0.490 e. The zero-order valence-electron chi connectivity index (χ0n) is 17.4. The SMILES string of the molecule is Cc1ccc([S+]([O-])n2cc(-c3ccc(S(C)=NC=O)cc3)c3cc(B(O)O)cnc32)cc1. The van der Waals surface area contributed by atoms with Crippen LogP contribution in [0.3, 0.4) is 0 Å². The van der Waals surface area contributed by atoms with Crippen molar-refractivity contribution in [3.63, 3.8) is 0 Å². The molecule has 2 N–H and O–H groups in total. The summed E-state index contributed by atoms with van der Waals surface area (Å²) < 4.78 is 18.8. The van der Waals surface area contributed by atoms with Gasteiger partial charge in [-0.2, -0.15) is 4.36 Å². The number of hydrogen-bond acceptors (Lipinski definition) is 5. The highest BCUT2D eigenvalue weighted by molar-refractivity contribution is 7.90. The fourth-order valence-corrected chi connectivity index (χ4v) is 5.20. The van der Waals surface area contributed by atoms with Crippen molar-refractivity contribution in [2.24, 2.45) is 4.36 Å². The van der Waals surface area contributed by atoms with Gasteiger partial charge in [0.15, 0.2) is 10.5 Å². The van der Waals surface area contributed by atoms with E-state index in [1.807, 2.05) is 61.7 Å². The van der Waals surface area contributed by atoms with E-state index in [0.717, 1.165) is 21.6 Å². The first-order chi connectivity index (χ1) is 15.4. The fraction of sp³-hybridized carbons (Fsp3) is 0.0909. The van der Waals surface area contributed by atoms with Crippen LogP contribution >= 0.6 is 0 Å². The molecular formula is C22H20BN3O4S2. The summed E-state index contributed by atoms with van der Waals surface area (Å²) >= 11 is -1.54. The first kappa shape index (κ1) is 22.4. The minimum atomic E-state index is -1.67. The Morgan fingerprint density at radius 3 is 2.47 bits per heavy atom. The van der Waals surface area contributed by atoms with Crippen molar-refractivity contribution in [3.05, 3.63) is 72.6 Å². The van der Waals surface area contributed by atoms with Crippen LogP contribution in [-0.4, -0.2) is 43.3 Å². The third-order valence-electron chi connectivity index (χ3n) is 5.04. The molecule has 0 aliphatic rings. The largest absolute Gasteiger partial charge is 0.587 e. The molecule has 0 aliphatic carbocycles. The third kappa shape index (κ3) is 4.41. The molecule has 2 aromatic carbocycles. The molecule has 10 heteroatoms. The minimum absolute atomic E-state index is 0.245. The molecule has 2 heterocycles. The van der Waals surface area contributed by atoms with E-state index in [1.54, 1.807) is 16.2 Å². The monoisotopic (exact) mass is 465 g/mol. The van der Waals surface area contributed by atoms with Gasteiger partial charge in [0.2, 0.25) is 6.41 Å². The molecular weight excluding hydrogens is 445 g/mol. The maximum atomic E-state index is 13.3. The molecule has 0 bridgehead atoms. The first-order valence-electron chi connectivity index (χ1n) is 9.66. The van der Waals surface area contributed by atoms with Crippen LogP contribution in [0.1, 0.15) is 5.56 Å². The number of rotatable bonds is 6.